The van der Waals surface area contributed by atoms with Crippen LogP contribution in [0.1, 0.15) is 24.2 Å². The molecular formula is C14H17ClN4S. The number of aryl methyl sites for hydroxylation is 1. The van der Waals surface area contributed by atoms with Crippen molar-refractivity contribution in [2.24, 2.45) is 7.05 Å². The van der Waals surface area contributed by atoms with E-state index < -0.39 is 0 Å². The van der Waals surface area contributed by atoms with E-state index in [4.69, 9.17) is 11.6 Å². The van der Waals surface area contributed by atoms with Crippen LogP contribution in [0, 0.1) is 6.92 Å². The van der Waals surface area contributed by atoms with Gasteiger partial charge < -0.3 is 9.88 Å². The highest BCUT2D eigenvalue weighted by Crippen LogP contribution is 2.32. The van der Waals surface area contributed by atoms with Gasteiger partial charge in [0.1, 0.15) is 5.82 Å². The van der Waals surface area contributed by atoms with Crippen molar-refractivity contribution in [3.8, 4) is 0 Å². The fourth-order valence-electron chi connectivity index (χ4n) is 1.89. The Bertz CT molecular complexity index is 622. The van der Waals surface area contributed by atoms with Crippen molar-refractivity contribution >= 4 is 23.4 Å². The lowest BCUT2D eigenvalue weighted by molar-refractivity contribution is 0.680. The van der Waals surface area contributed by atoms with Crippen LogP contribution in [0.2, 0.25) is 5.02 Å². The quantitative estimate of drug-likeness (QED) is 0.921. The van der Waals surface area contributed by atoms with Gasteiger partial charge in [-0.3, -0.25) is 0 Å². The number of nitrogens with zero attached hydrogens (tertiary/aromatic N) is 3. The molecule has 0 unspecified atom stereocenters. The first-order valence-corrected chi connectivity index (χ1v) is 7.88. The molecule has 1 aliphatic rings. The van der Waals surface area contributed by atoms with E-state index in [2.05, 4.69) is 21.6 Å². The predicted octanol–water partition coefficient (Wildman–Crippen LogP) is 3.18. The number of nitrogens with one attached hydrogen (secondary N) is 1. The van der Waals surface area contributed by atoms with Crippen LogP contribution in [-0.4, -0.2) is 20.8 Å². The third kappa shape index (κ3) is 3.16. The van der Waals surface area contributed by atoms with Crippen LogP contribution in [0.15, 0.2) is 28.3 Å². The topological polar surface area (TPSA) is 42.7 Å². The largest absolute Gasteiger partial charge is 0.310 e. The molecule has 1 N–H and O–H groups in total. The summed E-state index contributed by atoms with van der Waals surface area (Å²) in [5.41, 5.74) is 1.26. The van der Waals surface area contributed by atoms with Crippen LogP contribution in [-0.2, 0) is 13.6 Å². The number of halogens is 1. The zero-order valence-electron chi connectivity index (χ0n) is 11.6. The minimum absolute atomic E-state index is 0.695. The van der Waals surface area contributed by atoms with E-state index in [1.54, 1.807) is 11.8 Å². The Kier molecular flexibility index (Phi) is 4.01. The number of aromatic nitrogens is 3. The molecule has 4 nitrogen and oxygen atoms in total. The van der Waals surface area contributed by atoms with Crippen molar-refractivity contribution in [2.75, 3.05) is 0 Å². The first kappa shape index (κ1) is 13.9. The van der Waals surface area contributed by atoms with E-state index in [0.29, 0.717) is 6.04 Å². The van der Waals surface area contributed by atoms with Gasteiger partial charge in [-0.25, -0.2) is 0 Å². The highest BCUT2D eigenvalue weighted by Gasteiger charge is 2.20. The molecule has 0 saturated heterocycles. The molecule has 0 aliphatic heterocycles. The number of rotatable bonds is 5. The van der Waals surface area contributed by atoms with Crippen molar-refractivity contribution in [1.82, 2.24) is 20.1 Å². The average molecular weight is 309 g/mol. The summed E-state index contributed by atoms with van der Waals surface area (Å²) in [6.45, 7) is 2.82. The van der Waals surface area contributed by atoms with E-state index in [1.807, 2.05) is 30.7 Å². The summed E-state index contributed by atoms with van der Waals surface area (Å²) in [7, 11) is 1.98. The number of benzene rings is 1. The Morgan fingerprint density at radius 3 is 2.85 bits per heavy atom. The Morgan fingerprint density at radius 1 is 1.40 bits per heavy atom. The van der Waals surface area contributed by atoms with Gasteiger partial charge in [0, 0.05) is 29.6 Å². The molecule has 1 aromatic carbocycles. The standard InChI is InChI=1S/C14H17ClN4S/c1-9-17-18-14(19(9)2)20-13-7-11(15)4-3-10(13)8-16-12-5-6-12/h3-4,7,12,16H,5-6,8H2,1-2H3. The number of hydrogen-bond acceptors (Lipinski definition) is 4. The summed E-state index contributed by atoms with van der Waals surface area (Å²) >= 11 is 7.74. The Labute approximate surface area is 127 Å². The molecule has 1 heterocycles. The lowest BCUT2D eigenvalue weighted by Crippen LogP contribution is -2.15. The maximum atomic E-state index is 6.13. The zero-order valence-corrected chi connectivity index (χ0v) is 13.1. The summed E-state index contributed by atoms with van der Waals surface area (Å²) in [6.07, 6.45) is 2.58. The average Bonchev–Trinajstić information content (AvgIpc) is 3.20. The lowest BCUT2D eigenvalue weighted by Gasteiger charge is -2.10. The van der Waals surface area contributed by atoms with Crippen LogP contribution < -0.4 is 5.32 Å². The minimum Gasteiger partial charge on any atom is -0.310 e. The summed E-state index contributed by atoms with van der Waals surface area (Å²) in [5.74, 6) is 0.909. The van der Waals surface area contributed by atoms with Crippen molar-refractivity contribution in [3.63, 3.8) is 0 Å². The first-order chi connectivity index (χ1) is 9.63. The van der Waals surface area contributed by atoms with Crippen LogP contribution in [0.5, 0.6) is 0 Å². The Hall–Kier alpha value is -1.04. The van der Waals surface area contributed by atoms with Crippen molar-refractivity contribution in [1.29, 1.82) is 0 Å². The first-order valence-electron chi connectivity index (χ1n) is 6.69. The SMILES string of the molecule is Cc1nnc(Sc2cc(Cl)ccc2CNC2CC2)n1C. The van der Waals surface area contributed by atoms with E-state index >= 15 is 0 Å². The molecule has 6 heteroatoms. The zero-order chi connectivity index (χ0) is 14.1. The van der Waals surface area contributed by atoms with Gasteiger partial charge in [0.25, 0.3) is 0 Å². The van der Waals surface area contributed by atoms with Crippen molar-refractivity contribution < 1.29 is 0 Å². The minimum atomic E-state index is 0.695. The molecule has 0 amide bonds. The van der Waals surface area contributed by atoms with E-state index in [1.165, 1.54) is 18.4 Å². The van der Waals surface area contributed by atoms with Gasteiger partial charge in [-0.05, 0) is 49.2 Å². The fourth-order valence-corrected chi connectivity index (χ4v) is 3.13. The molecule has 20 heavy (non-hydrogen) atoms. The Morgan fingerprint density at radius 2 is 2.20 bits per heavy atom. The highest BCUT2D eigenvalue weighted by molar-refractivity contribution is 7.99. The second-order valence-electron chi connectivity index (χ2n) is 5.10. The molecule has 0 atom stereocenters. The summed E-state index contributed by atoms with van der Waals surface area (Å²) < 4.78 is 1.99. The molecule has 1 fully saturated rings. The van der Waals surface area contributed by atoms with Crippen molar-refractivity contribution in [3.05, 3.63) is 34.6 Å². The molecule has 1 saturated carbocycles. The molecule has 0 spiro atoms. The molecule has 3 rings (SSSR count). The molecule has 2 aromatic rings. The highest BCUT2D eigenvalue weighted by atomic mass is 35.5. The maximum Gasteiger partial charge on any atom is 0.195 e. The van der Waals surface area contributed by atoms with Gasteiger partial charge in [0.05, 0.1) is 0 Å². The third-order valence-electron chi connectivity index (χ3n) is 3.44. The van der Waals surface area contributed by atoms with Gasteiger partial charge in [-0.1, -0.05) is 17.7 Å². The second-order valence-corrected chi connectivity index (χ2v) is 6.54. The molecule has 106 valence electrons. The molecular weight excluding hydrogens is 292 g/mol. The number of hydrogen-bond donors (Lipinski definition) is 1. The van der Waals surface area contributed by atoms with Gasteiger partial charge in [-0.2, -0.15) is 0 Å². The predicted molar refractivity (Wildman–Crippen MR) is 81.2 cm³/mol. The molecule has 1 aliphatic carbocycles. The van der Waals surface area contributed by atoms with Crippen LogP contribution in [0.3, 0.4) is 0 Å². The van der Waals surface area contributed by atoms with Crippen LogP contribution >= 0.6 is 23.4 Å². The smallest absolute Gasteiger partial charge is 0.195 e. The normalized spacial score (nSPS) is 14.8. The van der Waals surface area contributed by atoms with E-state index in [9.17, 15) is 0 Å². The van der Waals surface area contributed by atoms with Crippen molar-refractivity contribution in [2.45, 2.75) is 42.4 Å². The van der Waals surface area contributed by atoms with Gasteiger partial charge in [0.15, 0.2) is 5.16 Å². The lowest BCUT2D eigenvalue weighted by atomic mass is 10.2. The van der Waals surface area contributed by atoms with Gasteiger partial charge in [-0.15, -0.1) is 10.2 Å². The summed E-state index contributed by atoms with van der Waals surface area (Å²) in [4.78, 5) is 1.14. The summed E-state index contributed by atoms with van der Waals surface area (Å²) in [6, 6.07) is 6.72. The molecule has 0 bridgehead atoms. The van der Waals surface area contributed by atoms with Gasteiger partial charge in [0.2, 0.25) is 0 Å². The van der Waals surface area contributed by atoms with Crippen LogP contribution in [0.4, 0.5) is 0 Å². The second kappa shape index (κ2) is 5.76. The van der Waals surface area contributed by atoms with E-state index in [-0.39, 0.29) is 0 Å². The molecule has 1 aromatic heterocycles. The third-order valence-corrected chi connectivity index (χ3v) is 4.81. The monoisotopic (exact) mass is 308 g/mol. The molecule has 0 radical (unpaired) electrons. The van der Waals surface area contributed by atoms with Gasteiger partial charge >= 0.3 is 0 Å². The van der Waals surface area contributed by atoms with E-state index in [0.717, 1.165) is 27.4 Å². The maximum absolute atomic E-state index is 6.13. The Balaban J connectivity index is 1.82. The summed E-state index contributed by atoms with van der Waals surface area (Å²) in [5, 5.41) is 13.5. The van der Waals surface area contributed by atoms with Crippen LogP contribution in [0.25, 0.3) is 0 Å². The fraction of sp³-hybridized carbons (Fsp3) is 0.429.